The number of nitriles is 1. The Kier molecular flexibility index (Phi) is 5.12. The van der Waals surface area contributed by atoms with E-state index in [9.17, 15) is 8.42 Å². The Labute approximate surface area is 119 Å². The van der Waals surface area contributed by atoms with Gasteiger partial charge in [0.05, 0.1) is 16.5 Å². The predicted octanol–water partition coefficient (Wildman–Crippen LogP) is 1.65. The minimum Gasteiger partial charge on any atom is -0.381 e. The molecule has 1 aliphatic rings. The van der Waals surface area contributed by atoms with Crippen molar-refractivity contribution >= 4 is 10.0 Å². The van der Waals surface area contributed by atoms with E-state index in [-0.39, 0.29) is 4.90 Å². The molecule has 0 bridgehead atoms. The number of rotatable bonds is 8. The molecule has 1 saturated carbocycles. The highest BCUT2D eigenvalue weighted by Gasteiger charge is 2.20. The van der Waals surface area contributed by atoms with Crippen molar-refractivity contribution in [3.63, 3.8) is 0 Å². The van der Waals surface area contributed by atoms with Gasteiger partial charge >= 0.3 is 0 Å². The van der Waals surface area contributed by atoms with Crippen LogP contribution in [0.5, 0.6) is 0 Å². The zero-order chi connectivity index (χ0) is 14.4. The number of ether oxygens (including phenoxy) is 1. The molecule has 1 aliphatic carbocycles. The van der Waals surface area contributed by atoms with Crippen LogP contribution in [0.25, 0.3) is 0 Å². The van der Waals surface area contributed by atoms with E-state index in [0.29, 0.717) is 25.1 Å². The minimum atomic E-state index is -3.49. The molecular formula is C14H18N2O3S. The number of benzene rings is 1. The van der Waals surface area contributed by atoms with E-state index in [1.807, 2.05) is 6.07 Å². The van der Waals surface area contributed by atoms with Crippen molar-refractivity contribution < 1.29 is 13.2 Å². The topological polar surface area (TPSA) is 79.2 Å². The minimum absolute atomic E-state index is 0.176. The van der Waals surface area contributed by atoms with Gasteiger partial charge in [-0.15, -0.1) is 0 Å². The quantitative estimate of drug-likeness (QED) is 0.739. The van der Waals surface area contributed by atoms with Crippen molar-refractivity contribution in [3.8, 4) is 6.07 Å². The number of sulfonamides is 1. The first-order valence-electron chi connectivity index (χ1n) is 6.69. The summed E-state index contributed by atoms with van der Waals surface area (Å²) in [5, 5.41) is 8.67. The molecule has 2 rings (SSSR count). The Hall–Kier alpha value is -1.42. The molecular weight excluding hydrogens is 276 g/mol. The normalized spacial score (nSPS) is 14.9. The lowest BCUT2D eigenvalue weighted by atomic mass is 10.2. The van der Waals surface area contributed by atoms with Crippen molar-refractivity contribution in [3.05, 3.63) is 29.8 Å². The third kappa shape index (κ3) is 4.60. The Morgan fingerprint density at radius 1 is 1.30 bits per heavy atom. The first-order valence-corrected chi connectivity index (χ1v) is 8.18. The molecule has 0 radical (unpaired) electrons. The van der Waals surface area contributed by atoms with Crippen LogP contribution >= 0.6 is 0 Å². The van der Waals surface area contributed by atoms with Crippen LogP contribution in [0.2, 0.25) is 0 Å². The molecule has 0 aromatic heterocycles. The van der Waals surface area contributed by atoms with E-state index in [4.69, 9.17) is 10.00 Å². The Balaban J connectivity index is 1.73. The van der Waals surface area contributed by atoms with Gasteiger partial charge in [0.25, 0.3) is 0 Å². The summed E-state index contributed by atoms with van der Waals surface area (Å²) in [7, 11) is -3.49. The van der Waals surface area contributed by atoms with Crippen LogP contribution in [0.1, 0.15) is 24.8 Å². The van der Waals surface area contributed by atoms with Crippen LogP contribution in [0.15, 0.2) is 29.2 Å². The second-order valence-corrected chi connectivity index (χ2v) is 6.67. The Bertz CT molecular complexity index is 571. The molecule has 0 saturated heterocycles. The lowest BCUT2D eigenvalue weighted by molar-refractivity contribution is 0.123. The van der Waals surface area contributed by atoms with Crippen LogP contribution in [0.4, 0.5) is 0 Å². The lowest BCUT2D eigenvalue weighted by Crippen LogP contribution is -2.25. The van der Waals surface area contributed by atoms with E-state index in [1.54, 1.807) is 0 Å². The number of nitrogens with zero attached hydrogens (tertiary/aromatic N) is 1. The summed E-state index contributed by atoms with van der Waals surface area (Å²) in [6.45, 7) is 1.72. The van der Waals surface area contributed by atoms with Crippen LogP contribution in [-0.4, -0.2) is 28.2 Å². The van der Waals surface area contributed by atoms with E-state index < -0.39 is 10.0 Å². The average molecular weight is 294 g/mol. The van der Waals surface area contributed by atoms with Crippen molar-refractivity contribution in [2.24, 2.45) is 5.92 Å². The third-order valence-corrected chi connectivity index (χ3v) is 4.58. The molecule has 0 unspecified atom stereocenters. The molecule has 20 heavy (non-hydrogen) atoms. The summed E-state index contributed by atoms with van der Waals surface area (Å²) in [4.78, 5) is 0.176. The molecule has 5 nitrogen and oxygen atoms in total. The van der Waals surface area contributed by atoms with E-state index >= 15 is 0 Å². The largest absolute Gasteiger partial charge is 0.381 e. The predicted molar refractivity (Wildman–Crippen MR) is 74.5 cm³/mol. The van der Waals surface area contributed by atoms with Gasteiger partial charge in [0, 0.05) is 19.8 Å². The lowest BCUT2D eigenvalue weighted by Gasteiger charge is -2.07. The highest BCUT2D eigenvalue weighted by atomic mass is 32.2. The molecule has 1 aromatic carbocycles. The molecule has 0 spiro atoms. The zero-order valence-electron chi connectivity index (χ0n) is 11.2. The fourth-order valence-corrected chi connectivity index (χ4v) is 2.78. The van der Waals surface area contributed by atoms with Crippen LogP contribution in [0.3, 0.4) is 0 Å². The number of hydrogen-bond acceptors (Lipinski definition) is 4. The molecule has 0 atom stereocenters. The first kappa shape index (κ1) is 15.0. The number of nitrogens with one attached hydrogen (secondary N) is 1. The van der Waals surface area contributed by atoms with Gasteiger partial charge in [-0.1, -0.05) is 0 Å². The summed E-state index contributed by atoms with van der Waals surface area (Å²) in [6, 6.07) is 7.81. The fraction of sp³-hybridized carbons (Fsp3) is 0.500. The second-order valence-electron chi connectivity index (χ2n) is 4.91. The molecule has 1 N–H and O–H groups in total. The van der Waals surface area contributed by atoms with Gasteiger partial charge in [-0.25, -0.2) is 13.1 Å². The molecule has 0 amide bonds. The SMILES string of the molecule is N#Cc1ccc(S(=O)(=O)NCCCOCC2CC2)cc1. The second kappa shape index (κ2) is 6.84. The van der Waals surface area contributed by atoms with Gasteiger partial charge in [0.2, 0.25) is 10.0 Å². The zero-order valence-corrected chi connectivity index (χ0v) is 12.0. The summed E-state index contributed by atoms with van der Waals surface area (Å²) in [6.07, 6.45) is 3.17. The van der Waals surface area contributed by atoms with Gasteiger partial charge in [0.1, 0.15) is 0 Å². The highest BCUT2D eigenvalue weighted by Crippen LogP contribution is 2.28. The molecule has 0 heterocycles. The highest BCUT2D eigenvalue weighted by molar-refractivity contribution is 7.89. The summed E-state index contributed by atoms with van der Waals surface area (Å²) in [5.74, 6) is 0.727. The smallest absolute Gasteiger partial charge is 0.240 e. The van der Waals surface area contributed by atoms with Crippen molar-refractivity contribution in [1.82, 2.24) is 4.72 Å². The van der Waals surface area contributed by atoms with Crippen molar-refractivity contribution in [1.29, 1.82) is 5.26 Å². The van der Waals surface area contributed by atoms with E-state index in [2.05, 4.69) is 4.72 Å². The van der Waals surface area contributed by atoms with Gasteiger partial charge in [0.15, 0.2) is 0 Å². The molecule has 1 fully saturated rings. The van der Waals surface area contributed by atoms with E-state index in [0.717, 1.165) is 12.5 Å². The van der Waals surface area contributed by atoms with Gasteiger partial charge in [-0.3, -0.25) is 0 Å². The van der Waals surface area contributed by atoms with E-state index in [1.165, 1.54) is 37.1 Å². The molecule has 1 aromatic rings. The van der Waals surface area contributed by atoms with Gasteiger partial charge in [-0.05, 0) is 49.4 Å². The fourth-order valence-electron chi connectivity index (χ4n) is 1.71. The maximum Gasteiger partial charge on any atom is 0.240 e. The van der Waals surface area contributed by atoms with Crippen molar-refractivity contribution in [2.75, 3.05) is 19.8 Å². The number of hydrogen-bond donors (Lipinski definition) is 1. The van der Waals surface area contributed by atoms with Gasteiger partial charge in [-0.2, -0.15) is 5.26 Å². The third-order valence-electron chi connectivity index (χ3n) is 3.10. The maximum atomic E-state index is 11.9. The first-order chi connectivity index (χ1) is 9.62. The maximum absolute atomic E-state index is 11.9. The van der Waals surface area contributed by atoms with Crippen molar-refractivity contribution in [2.45, 2.75) is 24.2 Å². The molecule has 0 aliphatic heterocycles. The molecule has 6 heteroatoms. The van der Waals surface area contributed by atoms with Crippen LogP contribution < -0.4 is 4.72 Å². The summed E-state index contributed by atoms with van der Waals surface area (Å²) in [5.41, 5.74) is 0.442. The van der Waals surface area contributed by atoms with Gasteiger partial charge < -0.3 is 4.74 Å². The summed E-state index contributed by atoms with van der Waals surface area (Å²) < 4.78 is 31.9. The Morgan fingerprint density at radius 3 is 2.60 bits per heavy atom. The monoisotopic (exact) mass is 294 g/mol. The van der Waals surface area contributed by atoms with Crippen LogP contribution in [-0.2, 0) is 14.8 Å². The average Bonchev–Trinajstić information content (AvgIpc) is 3.27. The molecule has 108 valence electrons. The Morgan fingerprint density at radius 2 is 2.00 bits per heavy atom. The standard InChI is InChI=1S/C14H18N2O3S/c15-10-12-4-6-14(7-5-12)20(17,18)16-8-1-9-19-11-13-2-3-13/h4-7,13,16H,1-3,8-9,11H2. The van der Waals surface area contributed by atoms with Crippen LogP contribution in [0, 0.1) is 17.2 Å². The summed E-state index contributed by atoms with van der Waals surface area (Å²) >= 11 is 0.